The largest absolute Gasteiger partial charge is 0.455 e. The average molecular weight is 487 g/mol. The molecule has 9 heteroatoms. The summed E-state index contributed by atoms with van der Waals surface area (Å²) in [6, 6.07) is 20.7. The van der Waals surface area contributed by atoms with Gasteiger partial charge in [-0.2, -0.15) is 0 Å². The maximum absolute atomic E-state index is 14.2. The normalized spacial score (nSPS) is 11.8. The van der Waals surface area contributed by atoms with Gasteiger partial charge in [-0.3, -0.25) is 0 Å². The zero-order valence-corrected chi connectivity index (χ0v) is 18.5. The minimum absolute atomic E-state index is 0.211. The summed E-state index contributed by atoms with van der Waals surface area (Å²) < 4.78 is 86.7. The molecule has 0 spiro atoms. The van der Waals surface area contributed by atoms with Gasteiger partial charge in [0.2, 0.25) is 19.7 Å². The maximum atomic E-state index is 14.2. The van der Waals surface area contributed by atoms with Crippen molar-refractivity contribution in [1.29, 1.82) is 0 Å². The van der Waals surface area contributed by atoms with Crippen LogP contribution in [0.25, 0.3) is 0 Å². The van der Waals surface area contributed by atoms with E-state index in [9.17, 15) is 25.6 Å². The summed E-state index contributed by atoms with van der Waals surface area (Å²) >= 11 is 0. The van der Waals surface area contributed by atoms with Crippen LogP contribution in [0.2, 0.25) is 0 Å². The highest BCUT2D eigenvalue weighted by molar-refractivity contribution is 7.92. The van der Waals surface area contributed by atoms with Gasteiger partial charge in [-0.25, -0.2) is 25.6 Å². The summed E-state index contributed by atoms with van der Waals surface area (Å²) in [7, 11) is -8.67. The summed E-state index contributed by atoms with van der Waals surface area (Å²) in [5.41, 5.74) is 0. The third kappa shape index (κ3) is 4.24. The van der Waals surface area contributed by atoms with Crippen LogP contribution in [0.15, 0.2) is 117 Å². The molecule has 0 radical (unpaired) electrons. The molecule has 0 unspecified atom stereocenters. The molecule has 0 N–H and O–H groups in total. The van der Waals surface area contributed by atoms with Crippen molar-refractivity contribution < 1.29 is 30.4 Å². The minimum Gasteiger partial charge on any atom is -0.455 e. The number of hydrogen-bond acceptors (Lipinski definition) is 5. The van der Waals surface area contributed by atoms with Gasteiger partial charge in [-0.05, 0) is 48.5 Å². The highest BCUT2D eigenvalue weighted by Gasteiger charge is 2.28. The van der Waals surface area contributed by atoms with Gasteiger partial charge >= 0.3 is 0 Å². The lowest BCUT2D eigenvalue weighted by Gasteiger charge is -2.15. The molecule has 168 valence electrons. The topological polar surface area (TPSA) is 77.5 Å². The second-order valence-corrected chi connectivity index (χ2v) is 10.6. The molecule has 0 aliphatic carbocycles. The van der Waals surface area contributed by atoms with Crippen LogP contribution in [0.3, 0.4) is 0 Å². The Morgan fingerprint density at radius 2 is 0.758 bits per heavy atom. The Labute approximate surface area is 189 Å². The van der Waals surface area contributed by atoms with E-state index in [2.05, 4.69) is 0 Å². The van der Waals surface area contributed by atoms with Crippen LogP contribution < -0.4 is 4.74 Å². The smallest absolute Gasteiger partial charge is 0.213 e. The molecule has 0 aliphatic rings. The molecule has 0 saturated carbocycles. The van der Waals surface area contributed by atoms with E-state index in [1.165, 1.54) is 72.8 Å². The van der Waals surface area contributed by atoms with Crippen molar-refractivity contribution in [1.82, 2.24) is 0 Å². The van der Waals surface area contributed by atoms with Gasteiger partial charge in [0, 0.05) is 0 Å². The van der Waals surface area contributed by atoms with Gasteiger partial charge < -0.3 is 4.74 Å². The predicted molar refractivity (Wildman–Crippen MR) is 117 cm³/mol. The van der Waals surface area contributed by atoms with Crippen molar-refractivity contribution in [3.05, 3.63) is 109 Å². The molecule has 0 amide bonds. The summed E-state index contributed by atoms with van der Waals surface area (Å²) in [6.45, 7) is 0. The van der Waals surface area contributed by atoms with Gasteiger partial charge in [0.1, 0.15) is 42.7 Å². The van der Waals surface area contributed by atoms with Gasteiger partial charge in [0.25, 0.3) is 0 Å². The first-order chi connectivity index (χ1) is 15.7. The number of halogens is 2. The standard InChI is InChI=1S/C24H16F2O5S2/c25-17-9-1-5-13-21(17)32(27,28)23-15-7-3-11-19(23)31-20-12-4-8-16-24(20)33(29,30)22-14-6-2-10-18(22)26/h1-16H. The van der Waals surface area contributed by atoms with E-state index < -0.39 is 41.1 Å². The van der Waals surface area contributed by atoms with Crippen molar-refractivity contribution in [2.45, 2.75) is 19.6 Å². The van der Waals surface area contributed by atoms with E-state index in [1.54, 1.807) is 0 Å². The highest BCUT2D eigenvalue weighted by atomic mass is 32.2. The Morgan fingerprint density at radius 3 is 1.12 bits per heavy atom. The molecular formula is C24H16F2O5S2. The Morgan fingerprint density at radius 1 is 0.455 bits per heavy atom. The average Bonchev–Trinajstić information content (AvgIpc) is 2.80. The first-order valence-corrected chi connectivity index (χ1v) is 12.5. The van der Waals surface area contributed by atoms with Crippen LogP contribution in [0, 0.1) is 11.6 Å². The molecule has 4 aromatic carbocycles. The minimum atomic E-state index is -4.34. The van der Waals surface area contributed by atoms with E-state index in [-0.39, 0.29) is 21.3 Å². The molecule has 33 heavy (non-hydrogen) atoms. The molecule has 0 bridgehead atoms. The molecular weight excluding hydrogens is 470 g/mol. The van der Waals surface area contributed by atoms with Crippen molar-refractivity contribution in [3.8, 4) is 11.5 Å². The molecule has 4 aromatic rings. The molecule has 0 aromatic heterocycles. The lowest BCUT2D eigenvalue weighted by molar-refractivity contribution is 0.453. The van der Waals surface area contributed by atoms with Gasteiger partial charge in [-0.15, -0.1) is 0 Å². The first kappa shape index (κ1) is 22.6. The van der Waals surface area contributed by atoms with Crippen LogP contribution >= 0.6 is 0 Å². The Hall–Kier alpha value is -3.56. The van der Waals surface area contributed by atoms with Gasteiger partial charge in [-0.1, -0.05) is 48.5 Å². The van der Waals surface area contributed by atoms with Crippen LogP contribution in [0.1, 0.15) is 0 Å². The van der Waals surface area contributed by atoms with E-state index in [1.807, 2.05) is 0 Å². The van der Waals surface area contributed by atoms with Crippen LogP contribution in [-0.4, -0.2) is 16.8 Å². The Bertz CT molecular complexity index is 1430. The van der Waals surface area contributed by atoms with E-state index in [0.717, 1.165) is 24.3 Å². The predicted octanol–water partition coefficient (Wildman–Crippen LogP) is 5.42. The Kier molecular flexibility index (Phi) is 6.01. The third-order valence-corrected chi connectivity index (χ3v) is 8.40. The lowest BCUT2D eigenvalue weighted by atomic mass is 10.3. The van der Waals surface area contributed by atoms with Crippen molar-refractivity contribution in [2.75, 3.05) is 0 Å². The number of rotatable bonds is 6. The van der Waals surface area contributed by atoms with Crippen LogP contribution in [0.4, 0.5) is 8.78 Å². The molecule has 0 heterocycles. The van der Waals surface area contributed by atoms with E-state index >= 15 is 0 Å². The monoisotopic (exact) mass is 486 g/mol. The first-order valence-electron chi connectivity index (χ1n) is 9.58. The number of para-hydroxylation sites is 2. The maximum Gasteiger partial charge on any atom is 0.213 e. The number of ether oxygens (including phenoxy) is 1. The summed E-state index contributed by atoms with van der Waals surface area (Å²) in [5, 5.41) is 0. The lowest BCUT2D eigenvalue weighted by Crippen LogP contribution is -2.08. The highest BCUT2D eigenvalue weighted by Crippen LogP contribution is 2.37. The van der Waals surface area contributed by atoms with Gasteiger partial charge in [0.05, 0.1) is 0 Å². The summed E-state index contributed by atoms with van der Waals surface area (Å²) in [4.78, 5) is -1.80. The van der Waals surface area contributed by atoms with E-state index in [0.29, 0.717) is 0 Å². The van der Waals surface area contributed by atoms with Crippen molar-refractivity contribution >= 4 is 19.7 Å². The number of sulfone groups is 2. The number of hydrogen-bond donors (Lipinski definition) is 0. The molecule has 0 aliphatic heterocycles. The zero-order valence-electron chi connectivity index (χ0n) is 16.9. The molecule has 5 nitrogen and oxygen atoms in total. The van der Waals surface area contributed by atoms with Gasteiger partial charge in [0.15, 0.2) is 0 Å². The van der Waals surface area contributed by atoms with E-state index in [4.69, 9.17) is 4.74 Å². The zero-order chi connectivity index (χ0) is 23.6. The summed E-state index contributed by atoms with van der Waals surface area (Å²) in [5.74, 6) is -2.29. The SMILES string of the molecule is O=S(=O)(c1ccccc1F)c1ccccc1Oc1ccccc1S(=O)(=O)c1ccccc1F. The number of benzene rings is 4. The fourth-order valence-corrected chi connectivity index (χ4v) is 6.10. The Balaban J connectivity index is 1.83. The summed E-state index contributed by atoms with van der Waals surface area (Å²) in [6.07, 6.45) is 0. The molecule has 4 rings (SSSR count). The second kappa shape index (κ2) is 8.76. The fraction of sp³-hybridized carbons (Fsp3) is 0. The second-order valence-electron chi connectivity index (χ2n) is 6.86. The van der Waals surface area contributed by atoms with Crippen LogP contribution in [0.5, 0.6) is 11.5 Å². The quantitative estimate of drug-likeness (QED) is 0.364. The molecule has 0 saturated heterocycles. The third-order valence-electron chi connectivity index (χ3n) is 4.75. The van der Waals surface area contributed by atoms with Crippen LogP contribution in [-0.2, 0) is 19.7 Å². The molecule has 0 fully saturated rings. The fourth-order valence-electron chi connectivity index (χ4n) is 3.19. The van der Waals surface area contributed by atoms with Crippen molar-refractivity contribution in [3.63, 3.8) is 0 Å². The van der Waals surface area contributed by atoms with Crippen molar-refractivity contribution in [2.24, 2.45) is 0 Å². The molecule has 0 atom stereocenters.